The first-order valence-electron chi connectivity index (χ1n) is 5.92. The molecule has 1 N–H and O–H groups in total. The molecule has 2 aromatic carbocycles. The largest absolute Gasteiger partial charge is 0.507 e. The monoisotopic (exact) mass is 260 g/mol. The summed E-state index contributed by atoms with van der Waals surface area (Å²) in [7, 11) is -1.33. The van der Waals surface area contributed by atoms with Crippen molar-refractivity contribution in [2.45, 2.75) is 30.1 Å². The zero-order valence-electron chi connectivity index (χ0n) is 10.5. The average molecular weight is 260 g/mol. The second-order valence-electron chi connectivity index (χ2n) is 4.24. The van der Waals surface area contributed by atoms with Crippen molar-refractivity contribution in [3.8, 4) is 5.75 Å². The molecule has 0 saturated heterocycles. The molecule has 3 heteroatoms. The number of benzene rings is 2. The number of aryl methyl sites for hydroxylation is 2. The van der Waals surface area contributed by atoms with Crippen LogP contribution in [0.5, 0.6) is 5.75 Å². The summed E-state index contributed by atoms with van der Waals surface area (Å²) in [5.74, 6) is 0.0890. The fraction of sp³-hybridized carbons (Fsp3) is 0.200. The lowest BCUT2D eigenvalue weighted by atomic mass is 10.2. The van der Waals surface area contributed by atoms with E-state index in [-0.39, 0.29) is 5.75 Å². The molecule has 0 fully saturated rings. The Hall–Kier alpha value is -1.61. The third-order valence-electron chi connectivity index (χ3n) is 2.87. The lowest BCUT2D eigenvalue weighted by molar-refractivity contribution is 0.461. The fourth-order valence-electron chi connectivity index (χ4n) is 1.72. The molecule has 0 heterocycles. The van der Waals surface area contributed by atoms with Crippen LogP contribution in [0.25, 0.3) is 0 Å². The first-order valence-corrected chi connectivity index (χ1v) is 7.07. The Labute approximate surface area is 110 Å². The van der Waals surface area contributed by atoms with Crippen LogP contribution in [0.2, 0.25) is 0 Å². The highest BCUT2D eigenvalue weighted by Gasteiger charge is 2.12. The standard InChI is InChI=1S/C15H16O2S/c1-3-12-6-9-14(16)15(10-12)18(17)13-7-4-11(2)5-8-13/h4-10,16H,3H2,1-2H3. The van der Waals surface area contributed by atoms with Gasteiger partial charge in [0.2, 0.25) is 0 Å². The highest BCUT2D eigenvalue weighted by Crippen LogP contribution is 2.26. The van der Waals surface area contributed by atoms with Gasteiger partial charge in [0.05, 0.1) is 15.7 Å². The Balaban J connectivity index is 2.42. The number of rotatable bonds is 3. The van der Waals surface area contributed by atoms with E-state index in [0.717, 1.165) is 17.5 Å². The molecule has 0 spiro atoms. The molecular weight excluding hydrogens is 244 g/mol. The van der Waals surface area contributed by atoms with Gasteiger partial charge in [0, 0.05) is 4.90 Å². The predicted octanol–water partition coefficient (Wildman–Crippen LogP) is 3.43. The molecule has 2 nitrogen and oxygen atoms in total. The van der Waals surface area contributed by atoms with Crippen LogP contribution in [-0.4, -0.2) is 9.32 Å². The molecule has 1 atom stereocenters. The number of hydrogen-bond donors (Lipinski definition) is 1. The predicted molar refractivity (Wildman–Crippen MR) is 73.3 cm³/mol. The van der Waals surface area contributed by atoms with Gasteiger partial charge in [0.1, 0.15) is 5.75 Å². The molecule has 0 saturated carbocycles. The lowest BCUT2D eigenvalue weighted by Gasteiger charge is -2.07. The van der Waals surface area contributed by atoms with Crippen LogP contribution in [0, 0.1) is 6.92 Å². The maximum atomic E-state index is 12.4. The minimum Gasteiger partial charge on any atom is -0.507 e. The van der Waals surface area contributed by atoms with Crippen LogP contribution in [0.3, 0.4) is 0 Å². The first-order chi connectivity index (χ1) is 8.61. The van der Waals surface area contributed by atoms with Crippen LogP contribution in [0.1, 0.15) is 18.1 Å². The van der Waals surface area contributed by atoms with Crippen LogP contribution in [0.4, 0.5) is 0 Å². The highest BCUT2D eigenvalue weighted by molar-refractivity contribution is 7.85. The SMILES string of the molecule is CCc1ccc(O)c(S(=O)c2ccc(C)cc2)c1. The smallest absolute Gasteiger partial charge is 0.132 e. The van der Waals surface area contributed by atoms with Crippen LogP contribution < -0.4 is 0 Å². The maximum absolute atomic E-state index is 12.4. The van der Waals surface area contributed by atoms with Gasteiger partial charge in [-0.1, -0.05) is 30.7 Å². The van der Waals surface area contributed by atoms with Crippen molar-refractivity contribution in [3.63, 3.8) is 0 Å². The van der Waals surface area contributed by atoms with Crippen molar-refractivity contribution >= 4 is 10.8 Å². The van der Waals surface area contributed by atoms with E-state index in [1.165, 1.54) is 0 Å². The van der Waals surface area contributed by atoms with Crippen molar-refractivity contribution in [2.75, 3.05) is 0 Å². The van der Waals surface area contributed by atoms with Crippen molar-refractivity contribution in [2.24, 2.45) is 0 Å². The topological polar surface area (TPSA) is 37.3 Å². The third kappa shape index (κ3) is 2.62. The van der Waals surface area contributed by atoms with Gasteiger partial charge in [-0.3, -0.25) is 0 Å². The van der Waals surface area contributed by atoms with Gasteiger partial charge in [0.25, 0.3) is 0 Å². The average Bonchev–Trinajstić information content (AvgIpc) is 2.39. The Bertz CT molecular complexity index is 574. The fourth-order valence-corrected chi connectivity index (χ4v) is 2.87. The number of aromatic hydroxyl groups is 1. The van der Waals surface area contributed by atoms with Crippen molar-refractivity contribution in [3.05, 3.63) is 53.6 Å². The maximum Gasteiger partial charge on any atom is 0.132 e. The third-order valence-corrected chi connectivity index (χ3v) is 4.29. The summed E-state index contributed by atoms with van der Waals surface area (Å²) in [4.78, 5) is 1.20. The molecule has 0 amide bonds. The van der Waals surface area contributed by atoms with E-state index in [4.69, 9.17) is 0 Å². The Morgan fingerprint density at radius 2 is 1.78 bits per heavy atom. The zero-order valence-corrected chi connectivity index (χ0v) is 11.3. The van der Waals surface area contributed by atoms with Crippen LogP contribution in [0.15, 0.2) is 52.3 Å². The summed E-state index contributed by atoms with van der Waals surface area (Å²) in [6, 6.07) is 12.8. The Morgan fingerprint density at radius 3 is 2.39 bits per heavy atom. The van der Waals surface area contributed by atoms with E-state index in [0.29, 0.717) is 9.79 Å². The van der Waals surface area contributed by atoms with E-state index in [2.05, 4.69) is 0 Å². The molecule has 0 bridgehead atoms. The number of phenols is 1. The van der Waals surface area contributed by atoms with Gasteiger partial charge < -0.3 is 5.11 Å². The quantitative estimate of drug-likeness (QED) is 0.918. The Kier molecular flexibility index (Phi) is 3.82. The molecule has 1 unspecified atom stereocenters. The van der Waals surface area contributed by atoms with E-state index < -0.39 is 10.8 Å². The van der Waals surface area contributed by atoms with Crippen LogP contribution in [-0.2, 0) is 17.2 Å². The summed E-state index contributed by atoms with van der Waals surface area (Å²) in [6.07, 6.45) is 0.860. The molecule has 94 valence electrons. The van der Waals surface area contributed by atoms with E-state index >= 15 is 0 Å². The summed E-state index contributed by atoms with van der Waals surface area (Å²) in [5.41, 5.74) is 2.20. The molecule has 0 aliphatic heterocycles. The molecule has 2 rings (SSSR count). The van der Waals surface area contributed by atoms with E-state index in [1.807, 2.05) is 50.2 Å². The minimum atomic E-state index is -1.33. The zero-order chi connectivity index (χ0) is 13.1. The highest BCUT2D eigenvalue weighted by atomic mass is 32.2. The second-order valence-corrected chi connectivity index (χ2v) is 5.69. The van der Waals surface area contributed by atoms with Gasteiger partial charge in [-0.2, -0.15) is 0 Å². The van der Waals surface area contributed by atoms with Gasteiger partial charge >= 0.3 is 0 Å². The summed E-state index contributed by atoms with van der Waals surface area (Å²) in [5, 5.41) is 9.82. The minimum absolute atomic E-state index is 0.0890. The molecule has 0 radical (unpaired) electrons. The van der Waals surface area contributed by atoms with Gasteiger partial charge in [-0.15, -0.1) is 0 Å². The second kappa shape index (κ2) is 5.36. The van der Waals surface area contributed by atoms with Gasteiger partial charge in [-0.25, -0.2) is 4.21 Å². The van der Waals surface area contributed by atoms with E-state index in [1.54, 1.807) is 6.07 Å². The molecular formula is C15H16O2S. The van der Waals surface area contributed by atoms with Crippen molar-refractivity contribution in [1.82, 2.24) is 0 Å². The van der Waals surface area contributed by atoms with Crippen molar-refractivity contribution < 1.29 is 9.32 Å². The van der Waals surface area contributed by atoms with Gasteiger partial charge in [0.15, 0.2) is 0 Å². The summed E-state index contributed by atoms with van der Waals surface area (Å²) in [6.45, 7) is 4.02. The van der Waals surface area contributed by atoms with E-state index in [9.17, 15) is 9.32 Å². The summed E-state index contributed by atoms with van der Waals surface area (Å²) < 4.78 is 12.4. The molecule has 0 aliphatic rings. The number of phenolic OH excluding ortho intramolecular Hbond substituents is 1. The van der Waals surface area contributed by atoms with Crippen LogP contribution >= 0.6 is 0 Å². The normalized spacial score (nSPS) is 12.3. The van der Waals surface area contributed by atoms with Crippen molar-refractivity contribution in [1.29, 1.82) is 0 Å². The molecule has 2 aromatic rings. The molecule has 0 aromatic heterocycles. The Morgan fingerprint density at radius 1 is 1.11 bits per heavy atom. The number of hydrogen-bond acceptors (Lipinski definition) is 2. The first kappa shape index (κ1) is 12.8. The lowest BCUT2D eigenvalue weighted by Crippen LogP contribution is -1.95. The van der Waals surface area contributed by atoms with Gasteiger partial charge in [-0.05, 0) is 43.2 Å². The molecule has 18 heavy (non-hydrogen) atoms. The summed E-state index contributed by atoms with van der Waals surface area (Å²) >= 11 is 0. The molecule has 0 aliphatic carbocycles.